The second-order valence-electron chi connectivity index (χ2n) is 4.78. The fourth-order valence-electron chi connectivity index (χ4n) is 1.72. The lowest BCUT2D eigenvalue weighted by molar-refractivity contribution is -0.144. The molecule has 0 aromatic rings. The molecular weight excluding hydrogens is 226 g/mol. The molecular formula is C10H15N3O4. The summed E-state index contributed by atoms with van der Waals surface area (Å²) in [4.78, 5) is 35.1. The van der Waals surface area contributed by atoms with E-state index in [1.165, 1.54) is 0 Å². The number of piperazine rings is 1. The van der Waals surface area contributed by atoms with E-state index in [-0.39, 0.29) is 24.5 Å². The van der Waals surface area contributed by atoms with Crippen LogP contribution in [0.2, 0.25) is 0 Å². The number of urea groups is 1. The number of carbonyl (C=O) groups is 3. The predicted octanol–water partition coefficient (Wildman–Crippen LogP) is -0.866. The molecule has 17 heavy (non-hydrogen) atoms. The van der Waals surface area contributed by atoms with E-state index in [0.29, 0.717) is 0 Å². The summed E-state index contributed by atoms with van der Waals surface area (Å²) in [6, 6.07) is -1.47. The van der Waals surface area contributed by atoms with Gasteiger partial charge in [0.15, 0.2) is 0 Å². The molecule has 0 bridgehead atoms. The van der Waals surface area contributed by atoms with Gasteiger partial charge >= 0.3 is 12.0 Å². The van der Waals surface area contributed by atoms with Crippen LogP contribution in [-0.2, 0) is 9.59 Å². The minimum absolute atomic E-state index is 0.0434. The van der Waals surface area contributed by atoms with Crippen molar-refractivity contribution < 1.29 is 19.5 Å². The van der Waals surface area contributed by atoms with E-state index in [1.54, 1.807) is 0 Å². The number of rotatable bonds is 2. The summed E-state index contributed by atoms with van der Waals surface area (Å²) in [5.41, 5.74) is -0.228. The average molecular weight is 241 g/mol. The lowest BCUT2D eigenvalue weighted by Crippen LogP contribution is -2.62. The molecule has 0 aromatic heterocycles. The molecule has 0 spiro atoms. The van der Waals surface area contributed by atoms with Crippen LogP contribution in [-0.4, -0.2) is 52.6 Å². The van der Waals surface area contributed by atoms with Gasteiger partial charge in [-0.15, -0.1) is 0 Å². The Bertz CT molecular complexity index is 378. The highest BCUT2D eigenvalue weighted by Crippen LogP contribution is 2.34. The Morgan fingerprint density at radius 1 is 1.53 bits per heavy atom. The summed E-state index contributed by atoms with van der Waals surface area (Å²) >= 11 is 0. The molecule has 1 heterocycles. The van der Waals surface area contributed by atoms with Crippen LogP contribution in [0, 0.1) is 0 Å². The minimum atomic E-state index is -1.11. The first-order chi connectivity index (χ1) is 7.91. The van der Waals surface area contributed by atoms with Crippen LogP contribution in [0.1, 0.15) is 19.8 Å². The van der Waals surface area contributed by atoms with Gasteiger partial charge in [0.1, 0.15) is 12.6 Å². The van der Waals surface area contributed by atoms with E-state index in [4.69, 9.17) is 5.11 Å². The number of carboxylic acid groups (broad SMARTS) is 1. The second kappa shape index (κ2) is 3.90. The van der Waals surface area contributed by atoms with Crippen molar-refractivity contribution in [2.75, 3.05) is 13.1 Å². The molecule has 0 aromatic carbocycles. The third-order valence-electron chi connectivity index (χ3n) is 3.14. The van der Waals surface area contributed by atoms with Gasteiger partial charge in [-0.2, -0.15) is 0 Å². The molecule has 2 rings (SSSR count). The summed E-state index contributed by atoms with van der Waals surface area (Å²) < 4.78 is 0. The maximum atomic E-state index is 11.9. The Morgan fingerprint density at radius 3 is 2.71 bits per heavy atom. The van der Waals surface area contributed by atoms with Gasteiger partial charge in [0.05, 0.1) is 0 Å². The molecule has 1 aliphatic heterocycles. The number of amides is 3. The number of hydrogen-bond donors (Lipinski definition) is 3. The largest absolute Gasteiger partial charge is 0.480 e. The summed E-state index contributed by atoms with van der Waals surface area (Å²) in [5.74, 6) is -1.44. The maximum Gasteiger partial charge on any atom is 0.328 e. The van der Waals surface area contributed by atoms with Gasteiger partial charge in [0.25, 0.3) is 0 Å². The first-order valence-electron chi connectivity index (χ1n) is 5.50. The average Bonchev–Trinajstić information content (AvgIpc) is 2.95. The molecule has 94 valence electrons. The van der Waals surface area contributed by atoms with Crippen molar-refractivity contribution in [3.63, 3.8) is 0 Å². The van der Waals surface area contributed by atoms with Gasteiger partial charge in [-0.3, -0.25) is 9.69 Å². The monoisotopic (exact) mass is 241 g/mol. The van der Waals surface area contributed by atoms with E-state index in [1.807, 2.05) is 6.92 Å². The summed E-state index contributed by atoms with van der Waals surface area (Å²) in [5, 5.41) is 14.2. The van der Waals surface area contributed by atoms with Crippen molar-refractivity contribution in [2.24, 2.45) is 0 Å². The van der Waals surface area contributed by atoms with Crippen molar-refractivity contribution in [2.45, 2.75) is 31.3 Å². The lowest BCUT2D eigenvalue weighted by atomic mass is 10.2. The topological polar surface area (TPSA) is 98.7 Å². The number of nitrogens with zero attached hydrogens (tertiary/aromatic N) is 1. The Hall–Kier alpha value is -1.79. The summed E-state index contributed by atoms with van der Waals surface area (Å²) in [7, 11) is 0. The third-order valence-corrected chi connectivity index (χ3v) is 3.14. The number of carbonyl (C=O) groups excluding carboxylic acids is 2. The highest BCUT2D eigenvalue weighted by Gasteiger charge is 2.42. The van der Waals surface area contributed by atoms with Gasteiger partial charge in [0, 0.05) is 12.1 Å². The Kier molecular flexibility index (Phi) is 2.68. The van der Waals surface area contributed by atoms with Crippen LogP contribution in [0.25, 0.3) is 0 Å². The molecule has 1 saturated heterocycles. The highest BCUT2D eigenvalue weighted by atomic mass is 16.4. The number of hydrogen-bond acceptors (Lipinski definition) is 3. The standard InChI is InChI=1S/C10H15N3O4/c1-10(2-3-10)12-9(17)13-5-7(14)11-4-6(13)8(15)16/h6H,2-5H2,1H3,(H,11,14)(H,12,17)(H,15,16). The first kappa shape index (κ1) is 11.7. The van der Waals surface area contributed by atoms with Crippen molar-refractivity contribution in [1.29, 1.82) is 0 Å². The van der Waals surface area contributed by atoms with E-state index in [2.05, 4.69) is 10.6 Å². The fraction of sp³-hybridized carbons (Fsp3) is 0.700. The van der Waals surface area contributed by atoms with Gasteiger partial charge in [0.2, 0.25) is 5.91 Å². The van der Waals surface area contributed by atoms with Gasteiger partial charge in [-0.1, -0.05) is 0 Å². The zero-order valence-electron chi connectivity index (χ0n) is 9.52. The highest BCUT2D eigenvalue weighted by molar-refractivity contribution is 5.90. The van der Waals surface area contributed by atoms with Crippen LogP contribution in [0.4, 0.5) is 4.79 Å². The maximum absolute atomic E-state index is 11.9. The molecule has 7 nitrogen and oxygen atoms in total. The summed E-state index contributed by atoms with van der Waals surface area (Å²) in [6.45, 7) is 1.64. The smallest absolute Gasteiger partial charge is 0.328 e. The molecule has 1 aliphatic carbocycles. The van der Waals surface area contributed by atoms with Crippen molar-refractivity contribution >= 4 is 17.9 Å². The van der Waals surface area contributed by atoms with Crippen LogP contribution < -0.4 is 10.6 Å². The van der Waals surface area contributed by atoms with Gasteiger partial charge in [-0.05, 0) is 19.8 Å². The van der Waals surface area contributed by atoms with Gasteiger partial charge < -0.3 is 15.7 Å². The summed E-state index contributed by atoms with van der Waals surface area (Å²) in [6.07, 6.45) is 1.77. The van der Waals surface area contributed by atoms with Crippen molar-refractivity contribution in [3.05, 3.63) is 0 Å². The Morgan fingerprint density at radius 2 is 2.18 bits per heavy atom. The molecule has 1 saturated carbocycles. The molecule has 3 N–H and O–H groups in total. The quantitative estimate of drug-likeness (QED) is 0.585. The molecule has 2 fully saturated rings. The third kappa shape index (κ3) is 2.48. The van der Waals surface area contributed by atoms with E-state index < -0.39 is 18.0 Å². The lowest BCUT2D eigenvalue weighted by Gasteiger charge is -2.33. The van der Waals surface area contributed by atoms with Gasteiger partial charge in [-0.25, -0.2) is 9.59 Å². The van der Waals surface area contributed by atoms with E-state index in [9.17, 15) is 14.4 Å². The Balaban J connectivity index is 2.05. The van der Waals surface area contributed by atoms with Crippen molar-refractivity contribution in [1.82, 2.24) is 15.5 Å². The zero-order chi connectivity index (χ0) is 12.6. The fourth-order valence-corrected chi connectivity index (χ4v) is 1.72. The molecule has 0 radical (unpaired) electrons. The van der Waals surface area contributed by atoms with E-state index in [0.717, 1.165) is 17.7 Å². The number of nitrogens with one attached hydrogen (secondary N) is 2. The zero-order valence-corrected chi connectivity index (χ0v) is 9.52. The molecule has 1 unspecified atom stereocenters. The van der Waals surface area contributed by atoms with Crippen LogP contribution >= 0.6 is 0 Å². The molecule has 7 heteroatoms. The molecule has 3 amide bonds. The van der Waals surface area contributed by atoms with Crippen LogP contribution in [0.3, 0.4) is 0 Å². The minimum Gasteiger partial charge on any atom is -0.480 e. The molecule has 2 aliphatic rings. The molecule has 1 atom stereocenters. The van der Waals surface area contributed by atoms with Crippen molar-refractivity contribution in [3.8, 4) is 0 Å². The SMILES string of the molecule is CC1(NC(=O)N2CC(=O)NCC2C(=O)O)CC1. The Labute approximate surface area is 98.2 Å². The normalized spacial score (nSPS) is 26.1. The number of carboxylic acids is 1. The number of aliphatic carboxylic acids is 1. The first-order valence-corrected chi connectivity index (χ1v) is 5.50. The van der Waals surface area contributed by atoms with E-state index >= 15 is 0 Å². The van der Waals surface area contributed by atoms with Crippen LogP contribution in [0.5, 0.6) is 0 Å². The second-order valence-corrected chi connectivity index (χ2v) is 4.78. The van der Waals surface area contributed by atoms with Crippen LogP contribution in [0.15, 0.2) is 0 Å². The predicted molar refractivity (Wildman–Crippen MR) is 57.3 cm³/mol.